The quantitative estimate of drug-likeness (QED) is 0.218. The predicted octanol–water partition coefficient (Wildman–Crippen LogP) is 6.54. The van der Waals surface area contributed by atoms with E-state index in [2.05, 4.69) is 28.8 Å². The van der Waals surface area contributed by atoms with Gasteiger partial charge in [-0.15, -0.1) is 0 Å². The molecule has 188 valence electrons. The number of H-pyrrole nitrogens is 1. The molecule has 1 atom stereocenters. The number of aromatic nitrogens is 4. The number of imidazole rings is 1. The van der Waals surface area contributed by atoms with Crippen LogP contribution in [0.3, 0.4) is 0 Å². The zero-order valence-corrected chi connectivity index (χ0v) is 21.1. The normalized spacial score (nSPS) is 12.5. The van der Waals surface area contributed by atoms with E-state index in [0.29, 0.717) is 11.2 Å². The van der Waals surface area contributed by atoms with Crippen molar-refractivity contribution in [3.63, 3.8) is 0 Å². The molecule has 2 aromatic heterocycles. The van der Waals surface area contributed by atoms with Gasteiger partial charge < -0.3 is 15.0 Å². The van der Waals surface area contributed by atoms with Gasteiger partial charge in [0.1, 0.15) is 0 Å². The standard InChI is InChI=1S/C26H47N5O2/c1-3-4-5-6-7-8-9-10-11-12-13-14-15-16-19-33-20-17-18-22(2)31-21-28-23-24(31)29-26(27)30-25(23)32/h21-22H,3-20H2,1-2H3,(H3,27,29,30,32). The summed E-state index contributed by atoms with van der Waals surface area (Å²) in [6.07, 6.45) is 22.9. The third-order valence-corrected chi connectivity index (χ3v) is 6.48. The predicted molar refractivity (Wildman–Crippen MR) is 138 cm³/mol. The number of rotatable bonds is 20. The van der Waals surface area contributed by atoms with Crippen LogP contribution in [0.25, 0.3) is 11.2 Å². The van der Waals surface area contributed by atoms with Gasteiger partial charge in [-0.3, -0.25) is 9.78 Å². The van der Waals surface area contributed by atoms with Crippen molar-refractivity contribution in [2.45, 2.75) is 123 Å². The van der Waals surface area contributed by atoms with Crippen molar-refractivity contribution in [3.8, 4) is 0 Å². The minimum Gasteiger partial charge on any atom is -0.381 e. The number of aromatic amines is 1. The highest BCUT2D eigenvalue weighted by atomic mass is 16.5. The van der Waals surface area contributed by atoms with E-state index < -0.39 is 0 Å². The van der Waals surface area contributed by atoms with Crippen LogP contribution in [0.1, 0.15) is 123 Å². The number of nitrogens with one attached hydrogen (secondary N) is 1. The van der Waals surface area contributed by atoms with Crippen molar-refractivity contribution in [3.05, 3.63) is 16.7 Å². The Morgan fingerprint density at radius 3 is 2.06 bits per heavy atom. The lowest BCUT2D eigenvalue weighted by atomic mass is 10.0. The molecule has 2 rings (SSSR count). The molecule has 3 N–H and O–H groups in total. The summed E-state index contributed by atoms with van der Waals surface area (Å²) >= 11 is 0. The van der Waals surface area contributed by atoms with Crippen molar-refractivity contribution < 1.29 is 4.74 Å². The van der Waals surface area contributed by atoms with Crippen LogP contribution in [0.2, 0.25) is 0 Å². The molecule has 0 aromatic carbocycles. The molecule has 0 fully saturated rings. The number of fused-ring (bicyclic) bond motifs is 1. The van der Waals surface area contributed by atoms with Gasteiger partial charge in [-0.05, 0) is 26.2 Å². The number of hydrogen-bond donors (Lipinski definition) is 2. The van der Waals surface area contributed by atoms with Crippen molar-refractivity contribution in [2.75, 3.05) is 18.9 Å². The van der Waals surface area contributed by atoms with E-state index in [0.717, 1.165) is 32.5 Å². The van der Waals surface area contributed by atoms with E-state index in [9.17, 15) is 4.79 Å². The molecule has 0 bridgehead atoms. The van der Waals surface area contributed by atoms with Gasteiger partial charge in [0.05, 0.1) is 6.33 Å². The Labute approximate surface area is 199 Å². The molecule has 7 nitrogen and oxygen atoms in total. The Kier molecular flexibility index (Phi) is 13.8. The fourth-order valence-electron chi connectivity index (χ4n) is 4.39. The molecule has 33 heavy (non-hydrogen) atoms. The number of nitrogen functional groups attached to an aromatic ring is 1. The van der Waals surface area contributed by atoms with Gasteiger partial charge in [0, 0.05) is 19.3 Å². The first-order valence-corrected chi connectivity index (χ1v) is 13.4. The molecule has 0 saturated carbocycles. The highest BCUT2D eigenvalue weighted by Crippen LogP contribution is 2.18. The maximum absolute atomic E-state index is 11.9. The minimum atomic E-state index is -0.292. The lowest BCUT2D eigenvalue weighted by Gasteiger charge is -2.14. The van der Waals surface area contributed by atoms with E-state index in [1.54, 1.807) is 6.33 Å². The second-order valence-electron chi connectivity index (χ2n) is 9.48. The van der Waals surface area contributed by atoms with Crippen LogP contribution < -0.4 is 11.3 Å². The highest BCUT2D eigenvalue weighted by Gasteiger charge is 2.13. The fraction of sp³-hybridized carbons (Fsp3) is 0.808. The molecular weight excluding hydrogens is 414 g/mol. The van der Waals surface area contributed by atoms with Gasteiger partial charge in [-0.1, -0.05) is 90.4 Å². The average Bonchev–Trinajstić information content (AvgIpc) is 3.22. The summed E-state index contributed by atoms with van der Waals surface area (Å²) in [7, 11) is 0. The monoisotopic (exact) mass is 461 g/mol. The highest BCUT2D eigenvalue weighted by molar-refractivity contribution is 5.70. The number of nitrogens with zero attached hydrogens (tertiary/aromatic N) is 3. The fourth-order valence-corrected chi connectivity index (χ4v) is 4.39. The zero-order chi connectivity index (χ0) is 23.7. The molecule has 0 spiro atoms. The first kappa shape index (κ1) is 27.4. The van der Waals surface area contributed by atoms with Crippen molar-refractivity contribution >= 4 is 17.1 Å². The maximum atomic E-state index is 11.9. The molecule has 7 heteroatoms. The number of hydrogen-bond acceptors (Lipinski definition) is 5. The van der Waals surface area contributed by atoms with Gasteiger partial charge in [0.25, 0.3) is 5.56 Å². The Morgan fingerprint density at radius 1 is 0.909 bits per heavy atom. The molecule has 1 unspecified atom stereocenters. The molecule has 0 aliphatic carbocycles. The van der Waals surface area contributed by atoms with Gasteiger partial charge in [-0.25, -0.2) is 4.98 Å². The summed E-state index contributed by atoms with van der Waals surface area (Å²) < 4.78 is 7.74. The second-order valence-corrected chi connectivity index (χ2v) is 9.48. The first-order valence-electron chi connectivity index (χ1n) is 13.4. The summed E-state index contributed by atoms with van der Waals surface area (Å²) in [6.45, 7) is 6.01. The zero-order valence-electron chi connectivity index (χ0n) is 21.1. The third kappa shape index (κ3) is 10.7. The van der Waals surface area contributed by atoms with Crippen molar-refractivity contribution in [2.24, 2.45) is 0 Å². The average molecular weight is 462 g/mol. The number of unbranched alkanes of at least 4 members (excludes halogenated alkanes) is 13. The van der Waals surface area contributed by atoms with E-state index >= 15 is 0 Å². The number of nitrogens with two attached hydrogens (primary N) is 1. The SMILES string of the molecule is CCCCCCCCCCCCCCCCOCCCC(C)n1cnc2c(=O)[nH]c(N)nc21. The van der Waals surface area contributed by atoms with Gasteiger partial charge >= 0.3 is 0 Å². The Bertz CT molecular complexity index is 817. The van der Waals surface area contributed by atoms with Crippen LogP contribution in [-0.2, 0) is 4.74 Å². The molecule has 0 saturated heterocycles. The van der Waals surface area contributed by atoms with Crippen LogP contribution in [0.5, 0.6) is 0 Å². The van der Waals surface area contributed by atoms with Crippen molar-refractivity contribution in [1.82, 2.24) is 19.5 Å². The molecule has 0 amide bonds. The Morgan fingerprint density at radius 2 is 1.45 bits per heavy atom. The third-order valence-electron chi connectivity index (χ3n) is 6.48. The van der Waals surface area contributed by atoms with Gasteiger partial charge in [0.15, 0.2) is 11.2 Å². The second kappa shape index (κ2) is 16.7. The molecule has 0 aliphatic heterocycles. The number of anilines is 1. The largest absolute Gasteiger partial charge is 0.381 e. The maximum Gasteiger partial charge on any atom is 0.280 e. The lowest BCUT2D eigenvalue weighted by Crippen LogP contribution is -2.13. The molecule has 0 aliphatic rings. The van der Waals surface area contributed by atoms with E-state index in [-0.39, 0.29) is 17.5 Å². The van der Waals surface area contributed by atoms with Crippen LogP contribution in [0, 0.1) is 0 Å². The van der Waals surface area contributed by atoms with E-state index in [1.807, 2.05) is 4.57 Å². The van der Waals surface area contributed by atoms with Crippen LogP contribution in [-0.4, -0.2) is 32.7 Å². The van der Waals surface area contributed by atoms with Crippen molar-refractivity contribution in [1.29, 1.82) is 0 Å². The Balaban J connectivity index is 1.39. The van der Waals surface area contributed by atoms with Gasteiger partial charge in [0.2, 0.25) is 5.95 Å². The molecule has 2 heterocycles. The van der Waals surface area contributed by atoms with E-state index in [4.69, 9.17) is 10.5 Å². The smallest absolute Gasteiger partial charge is 0.280 e. The summed E-state index contributed by atoms with van der Waals surface area (Å²) in [4.78, 5) is 22.8. The summed E-state index contributed by atoms with van der Waals surface area (Å²) in [5.41, 5.74) is 6.27. The first-order chi connectivity index (χ1) is 16.1. The van der Waals surface area contributed by atoms with Crippen LogP contribution in [0.15, 0.2) is 11.1 Å². The van der Waals surface area contributed by atoms with Crippen LogP contribution in [0.4, 0.5) is 5.95 Å². The lowest BCUT2D eigenvalue weighted by molar-refractivity contribution is 0.123. The number of ether oxygens (including phenoxy) is 1. The summed E-state index contributed by atoms with van der Waals surface area (Å²) in [6, 6.07) is 0.188. The molecule has 0 radical (unpaired) electrons. The molecular formula is C26H47N5O2. The summed E-state index contributed by atoms with van der Waals surface area (Å²) in [5.74, 6) is 0.123. The summed E-state index contributed by atoms with van der Waals surface area (Å²) in [5, 5.41) is 0. The minimum absolute atomic E-state index is 0.123. The van der Waals surface area contributed by atoms with Crippen LogP contribution >= 0.6 is 0 Å². The van der Waals surface area contributed by atoms with Gasteiger partial charge in [-0.2, -0.15) is 4.98 Å². The topological polar surface area (TPSA) is 98.8 Å². The molecule has 2 aromatic rings. The van der Waals surface area contributed by atoms with E-state index in [1.165, 1.54) is 83.5 Å². The Hall–Kier alpha value is -1.89.